The molecule has 2 aromatic carbocycles. The number of allylic oxidation sites excluding steroid dienone is 2. The molecule has 2 N–H and O–H groups in total. The van der Waals surface area contributed by atoms with Gasteiger partial charge in [-0.1, -0.05) is 30.3 Å². The topological polar surface area (TPSA) is 124 Å². The zero-order valence-corrected chi connectivity index (χ0v) is 21.9. The van der Waals surface area contributed by atoms with Gasteiger partial charge in [0.2, 0.25) is 0 Å². The van der Waals surface area contributed by atoms with Crippen LogP contribution in [0, 0.1) is 10.1 Å². The number of hydrogen-bond acceptors (Lipinski definition) is 7. The summed E-state index contributed by atoms with van der Waals surface area (Å²) in [6.45, 7) is 5.40. The van der Waals surface area contributed by atoms with Crippen molar-refractivity contribution in [3.63, 3.8) is 0 Å². The van der Waals surface area contributed by atoms with E-state index < -0.39 is 22.8 Å². The second kappa shape index (κ2) is 12.6. The highest BCUT2D eigenvalue weighted by Crippen LogP contribution is 2.42. The number of aliphatic carboxylic acids is 2. The second-order valence-corrected chi connectivity index (χ2v) is 10.0. The molecule has 196 valence electrons. The quantitative estimate of drug-likeness (QED) is 0.228. The Hall–Kier alpha value is -3.63. The molecule has 2 aromatic rings. The van der Waals surface area contributed by atoms with Crippen molar-refractivity contribution in [2.24, 2.45) is 0 Å². The summed E-state index contributed by atoms with van der Waals surface area (Å²) in [6.07, 6.45) is 0.697. The van der Waals surface area contributed by atoms with Crippen LogP contribution in [0.15, 0.2) is 82.0 Å². The molecule has 0 spiro atoms. The predicted molar refractivity (Wildman–Crippen MR) is 142 cm³/mol. The van der Waals surface area contributed by atoms with Crippen LogP contribution in [0.3, 0.4) is 0 Å². The summed E-state index contributed by atoms with van der Waals surface area (Å²) in [4.78, 5) is 40.6. The van der Waals surface area contributed by atoms with Crippen LogP contribution in [0.2, 0.25) is 0 Å². The highest BCUT2D eigenvalue weighted by molar-refractivity contribution is 7.99. The van der Waals surface area contributed by atoms with Gasteiger partial charge in [0.25, 0.3) is 5.69 Å². The number of hydrogen-bond donors (Lipinski definition) is 2. The maximum absolute atomic E-state index is 12.4. The molecule has 0 bridgehead atoms. The van der Waals surface area contributed by atoms with Gasteiger partial charge >= 0.3 is 11.9 Å². The summed E-state index contributed by atoms with van der Waals surface area (Å²) in [6, 6.07) is 15.7. The first kappa shape index (κ1) is 27.9. The molecule has 3 rings (SSSR count). The SMILES string of the molecule is CC1=C(C(=O)O)C(c2cccc([N+](=O)[O-])c2)C(C(=O)O)=C(C)N1CCCN(C)CCSc1ccccc1. The Kier molecular flexibility index (Phi) is 9.48. The first-order chi connectivity index (χ1) is 17.6. The number of benzene rings is 2. The van der Waals surface area contributed by atoms with E-state index in [0.29, 0.717) is 24.4 Å². The van der Waals surface area contributed by atoms with Crippen molar-refractivity contribution in [2.45, 2.75) is 31.1 Å². The van der Waals surface area contributed by atoms with Gasteiger partial charge in [-0.3, -0.25) is 10.1 Å². The minimum atomic E-state index is -1.25. The normalized spacial score (nSPS) is 14.4. The van der Waals surface area contributed by atoms with Gasteiger partial charge in [-0.15, -0.1) is 11.8 Å². The first-order valence-corrected chi connectivity index (χ1v) is 12.9. The predicted octanol–water partition coefficient (Wildman–Crippen LogP) is 4.83. The lowest BCUT2D eigenvalue weighted by molar-refractivity contribution is -0.384. The smallest absolute Gasteiger partial charge is 0.334 e. The van der Waals surface area contributed by atoms with Gasteiger partial charge in [0.1, 0.15) is 0 Å². The molecule has 0 atom stereocenters. The fourth-order valence-electron chi connectivity index (χ4n) is 4.59. The number of rotatable bonds is 12. The average molecular weight is 526 g/mol. The Morgan fingerprint density at radius 1 is 1.00 bits per heavy atom. The van der Waals surface area contributed by atoms with Gasteiger partial charge < -0.3 is 20.0 Å². The van der Waals surface area contributed by atoms with E-state index in [1.165, 1.54) is 29.2 Å². The number of nitro benzene ring substituents is 1. The number of carbonyl (C=O) groups is 2. The third kappa shape index (κ3) is 6.78. The maximum atomic E-state index is 12.4. The van der Waals surface area contributed by atoms with E-state index in [4.69, 9.17) is 0 Å². The Labute approximate surface area is 220 Å². The van der Waals surface area contributed by atoms with Crippen molar-refractivity contribution in [1.29, 1.82) is 0 Å². The molecule has 0 fully saturated rings. The zero-order valence-electron chi connectivity index (χ0n) is 21.1. The average Bonchev–Trinajstić information content (AvgIpc) is 2.85. The molecule has 0 aliphatic carbocycles. The molecule has 0 saturated carbocycles. The number of nitrogens with zero attached hydrogens (tertiary/aromatic N) is 3. The largest absolute Gasteiger partial charge is 0.478 e. The van der Waals surface area contributed by atoms with Crippen molar-refractivity contribution in [1.82, 2.24) is 9.80 Å². The van der Waals surface area contributed by atoms with E-state index in [1.807, 2.05) is 25.2 Å². The molecule has 0 aromatic heterocycles. The number of carboxylic acids is 2. The van der Waals surface area contributed by atoms with Gasteiger partial charge in [0.05, 0.1) is 22.0 Å². The van der Waals surface area contributed by atoms with Crippen LogP contribution in [-0.2, 0) is 9.59 Å². The van der Waals surface area contributed by atoms with Crippen LogP contribution in [-0.4, -0.2) is 69.3 Å². The molecule has 37 heavy (non-hydrogen) atoms. The molecular formula is C27H31N3O6S. The molecular weight excluding hydrogens is 494 g/mol. The lowest BCUT2D eigenvalue weighted by atomic mass is 9.79. The van der Waals surface area contributed by atoms with E-state index >= 15 is 0 Å². The number of non-ortho nitro benzene ring substituents is 1. The summed E-state index contributed by atoms with van der Waals surface area (Å²) in [7, 11) is 2.02. The first-order valence-electron chi connectivity index (χ1n) is 11.9. The van der Waals surface area contributed by atoms with Crippen LogP contribution in [0.25, 0.3) is 0 Å². The highest BCUT2D eigenvalue weighted by atomic mass is 32.2. The van der Waals surface area contributed by atoms with Crippen molar-refractivity contribution in [3.05, 3.63) is 92.8 Å². The summed E-state index contributed by atoms with van der Waals surface area (Å²) in [5.41, 5.74) is 0.742. The van der Waals surface area contributed by atoms with Crippen molar-refractivity contribution >= 4 is 29.4 Å². The molecule has 0 unspecified atom stereocenters. The number of carboxylic acid groups (broad SMARTS) is 2. The maximum Gasteiger partial charge on any atom is 0.334 e. The fourth-order valence-corrected chi connectivity index (χ4v) is 5.58. The van der Waals surface area contributed by atoms with Gasteiger partial charge in [-0.2, -0.15) is 0 Å². The number of nitro groups is 1. The van der Waals surface area contributed by atoms with Gasteiger partial charge in [-0.25, -0.2) is 9.59 Å². The third-order valence-electron chi connectivity index (χ3n) is 6.45. The van der Waals surface area contributed by atoms with Crippen molar-refractivity contribution in [2.75, 3.05) is 32.4 Å². The lowest BCUT2D eigenvalue weighted by Gasteiger charge is -2.37. The second-order valence-electron chi connectivity index (χ2n) is 8.86. The number of thioether (sulfide) groups is 1. The van der Waals surface area contributed by atoms with Crippen LogP contribution < -0.4 is 0 Å². The van der Waals surface area contributed by atoms with E-state index in [2.05, 4.69) is 17.0 Å². The standard InChI is InChI=1S/C27H31N3O6S/c1-18-23(26(31)32)25(20-9-7-10-21(17-20)30(35)36)24(27(33)34)19(2)29(18)14-8-13-28(3)15-16-37-22-11-5-4-6-12-22/h4-7,9-12,17,25H,8,13-16H2,1-3H3,(H,31,32)(H,33,34). The van der Waals surface area contributed by atoms with E-state index in [-0.39, 0.29) is 22.4 Å². The van der Waals surface area contributed by atoms with Gasteiger partial charge in [-0.05, 0) is 51.6 Å². The fraction of sp³-hybridized carbons (Fsp3) is 0.333. The Balaban J connectivity index is 1.77. The zero-order chi connectivity index (χ0) is 27.1. The Morgan fingerprint density at radius 2 is 1.62 bits per heavy atom. The molecule has 0 radical (unpaired) electrons. The van der Waals surface area contributed by atoms with Crippen LogP contribution >= 0.6 is 11.8 Å². The van der Waals surface area contributed by atoms with E-state index in [1.54, 1.807) is 30.5 Å². The minimum absolute atomic E-state index is 0.0869. The lowest BCUT2D eigenvalue weighted by Crippen LogP contribution is -2.36. The molecule has 1 heterocycles. The van der Waals surface area contributed by atoms with Gasteiger partial charge in [0, 0.05) is 47.3 Å². The molecule has 1 aliphatic rings. The highest BCUT2D eigenvalue weighted by Gasteiger charge is 2.39. The summed E-state index contributed by atoms with van der Waals surface area (Å²) in [5, 5.41) is 31.5. The molecule has 0 amide bonds. The van der Waals surface area contributed by atoms with Crippen LogP contribution in [0.1, 0.15) is 31.7 Å². The molecule has 0 saturated heterocycles. The van der Waals surface area contributed by atoms with Crippen molar-refractivity contribution < 1.29 is 24.7 Å². The molecule has 1 aliphatic heterocycles. The van der Waals surface area contributed by atoms with E-state index in [9.17, 15) is 29.9 Å². The third-order valence-corrected chi connectivity index (χ3v) is 7.44. The Morgan fingerprint density at radius 3 is 2.19 bits per heavy atom. The summed E-state index contributed by atoms with van der Waals surface area (Å²) >= 11 is 1.78. The molecule has 9 nitrogen and oxygen atoms in total. The minimum Gasteiger partial charge on any atom is -0.478 e. The van der Waals surface area contributed by atoms with E-state index in [0.717, 1.165) is 18.8 Å². The Bertz CT molecular complexity index is 1190. The van der Waals surface area contributed by atoms with Gasteiger partial charge in [0.15, 0.2) is 0 Å². The van der Waals surface area contributed by atoms with Crippen molar-refractivity contribution in [3.8, 4) is 0 Å². The molecule has 10 heteroatoms. The summed E-state index contributed by atoms with van der Waals surface area (Å²) in [5.74, 6) is -2.69. The van der Waals surface area contributed by atoms with Crippen LogP contribution in [0.4, 0.5) is 5.69 Å². The monoisotopic (exact) mass is 525 g/mol. The van der Waals surface area contributed by atoms with Crippen LogP contribution in [0.5, 0.6) is 0 Å². The summed E-state index contributed by atoms with van der Waals surface area (Å²) < 4.78 is 0.